The molecule has 0 heterocycles. The molecule has 31 heavy (non-hydrogen) atoms. The van der Waals surface area contributed by atoms with E-state index in [1.807, 2.05) is 54.6 Å². The second kappa shape index (κ2) is 16.5. The Hall–Kier alpha value is -3.31. The fourth-order valence-corrected chi connectivity index (χ4v) is 2.31. The van der Waals surface area contributed by atoms with E-state index in [1.54, 1.807) is 36.4 Å². The smallest absolute Gasteiger partial charge is 0.307 e. The summed E-state index contributed by atoms with van der Waals surface area (Å²) in [5, 5.41) is 25.1. The summed E-state index contributed by atoms with van der Waals surface area (Å²) >= 11 is 0. The Labute approximate surface area is 193 Å². The molecule has 165 valence electrons. The number of carboxylic acids is 3. The van der Waals surface area contributed by atoms with Crippen molar-refractivity contribution in [2.75, 3.05) is 0 Å². The summed E-state index contributed by atoms with van der Waals surface area (Å²) in [6, 6.07) is 27.4. The summed E-state index contributed by atoms with van der Waals surface area (Å²) in [5.74, 6) is -2.36. The molecule has 0 fully saturated rings. The van der Waals surface area contributed by atoms with Crippen LogP contribution in [0.15, 0.2) is 91.0 Å². The molecule has 0 aliphatic carbocycles. The number of hydrogen-bond acceptors (Lipinski definition) is 3. The van der Waals surface area contributed by atoms with Crippen LogP contribution >= 0.6 is 0 Å². The van der Waals surface area contributed by atoms with Gasteiger partial charge in [0.25, 0.3) is 0 Å². The Kier molecular flexibility index (Phi) is 14.7. The van der Waals surface area contributed by atoms with Crippen molar-refractivity contribution >= 4 is 17.9 Å². The Morgan fingerprint density at radius 1 is 0.452 bits per heavy atom. The van der Waals surface area contributed by atoms with Gasteiger partial charge in [0.2, 0.25) is 0 Å². The van der Waals surface area contributed by atoms with Gasteiger partial charge in [0, 0.05) is 19.5 Å². The molecular formula is C24H24O6Rh. The van der Waals surface area contributed by atoms with E-state index in [2.05, 4.69) is 0 Å². The Bertz CT molecular complexity index is 777. The van der Waals surface area contributed by atoms with E-state index in [0.29, 0.717) is 0 Å². The van der Waals surface area contributed by atoms with Crippen LogP contribution < -0.4 is 0 Å². The van der Waals surface area contributed by atoms with Crippen molar-refractivity contribution in [2.45, 2.75) is 19.3 Å². The first-order valence-electron chi connectivity index (χ1n) is 9.14. The van der Waals surface area contributed by atoms with Crippen molar-refractivity contribution < 1.29 is 49.2 Å². The van der Waals surface area contributed by atoms with Crippen molar-refractivity contribution in [1.82, 2.24) is 0 Å². The summed E-state index contributed by atoms with van der Waals surface area (Å²) in [4.78, 5) is 30.5. The van der Waals surface area contributed by atoms with Gasteiger partial charge in [0.15, 0.2) is 0 Å². The molecule has 0 saturated carbocycles. The molecule has 3 rings (SSSR count). The molecule has 6 nitrogen and oxygen atoms in total. The number of carbonyl (C=O) groups is 3. The predicted octanol–water partition coefficient (Wildman–Crippen LogP) is 3.94. The Balaban J connectivity index is 0.000000429. The maximum Gasteiger partial charge on any atom is 0.307 e. The van der Waals surface area contributed by atoms with Gasteiger partial charge in [-0.05, 0) is 16.7 Å². The van der Waals surface area contributed by atoms with Gasteiger partial charge in [0.1, 0.15) is 0 Å². The molecule has 0 atom stereocenters. The van der Waals surface area contributed by atoms with Gasteiger partial charge >= 0.3 is 17.9 Å². The van der Waals surface area contributed by atoms with Crippen molar-refractivity contribution in [3.05, 3.63) is 108 Å². The zero-order valence-electron chi connectivity index (χ0n) is 16.7. The van der Waals surface area contributed by atoms with Crippen molar-refractivity contribution in [3.8, 4) is 0 Å². The molecule has 3 aromatic carbocycles. The van der Waals surface area contributed by atoms with Gasteiger partial charge in [-0.1, -0.05) is 91.0 Å². The number of carboxylic acid groups (broad SMARTS) is 3. The number of aliphatic carboxylic acids is 3. The SMILES string of the molecule is O=C(O)Cc1ccccc1.O=C(O)Cc1ccccc1.O=C(O)Cc1ccccc1.[Rh]. The first kappa shape index (κ1) is 27.7. The fraction of sp³-hybridized carbons (Fsp3) is 0.125. The summed E-state index contributed by atoms with van der Waals surface area (Å²) < 4.78 is 0. The summed E-state index contributed by atoms with van der Waals surface area (Å²) in [6.45, 7) is 0. The van der Waals surface area contributed by atoms with E-state index in [4.69, 9.17) is 15.3 Å². The molecule has 0 aromatic heterocycles. The van der Waals surface area contributed by atoms with Crippen molar-refractivity contribution in [3.63, 3.8) is 0 Å². The minimum absolute atomic E-state index is 0. The van der Waals surface area contributed by atoms with Crippen LogP contribution in [-0.2, 0) is 53.1 Å². The maximum absolute atomic E-state index is 10.2. The van der Waals surface area contributed by atoms with E-state index < -0.39 is 17.9 Å². The molecule has 1 radical (unpaired) electrons. The van der Waals surface area contributed by atoms with E-state index in [9.17, 15) is 14.4 Å². The second-order valence-corrected chi connectivity index (χ2v) is 6.17. The molecule has 0 bridgehead atoms. The van der Waals surface area contributed by atoms with Crippen LogP contribution in [0.5, 0.6) is 0 Å². The Morgan fingerprint density at radius 2 is 0.645 bits per heavy atom. The minimum Gasteiger partial charge on any atom is -0.481 e. The minimum atomic E-state index is -0.786. The number of benzene rings is 3. The third-order valence-electron chi connectivity index (χ3n) is 3.59. The van der Waals surface area contributed by atoms with E-state index in [-0.39, 0.29) is 38.7 Å². The molecule has 0 aliphatic rings. The zero-order valence-corrected chi connectivity index (χ0v) is 18.3. The molecule has 0 aliphatic heterocycles. The molecule has 3 N–H and O–H groups in total. The van der Waals surface area contributed by atoms with E-state index >= 15 is 0 Å². The van der Waals surface area contributed by atoms with Crippen LogP contribution in [0, 0.1) is 0 Å². The Morgan fingerprint density at radius 3 is 0.806 bits per heavy atom. The molecular weight excluding hydrogens is 487 g/mol. The summed E-state index contributed by atoms with van der Waals surface area (Å²) in [5.41, 5.74) is 2.53. The third kappa shape index (κ3) is 15.2. The van der Waals surface area contributed by atoms with Crippen molar-refractivity contribution in [2.24, 2.45) is 0 Å². The van der Waals surface area contributed by atoms with Crippen LogP contribution in [-0.4, -0.2) is 33.2 Å². The van der Waals surface area contributed by atoms with Gasteiger partial charge in [-0.3, -0.25) is 14.4 Å². The van der Waals surface area contributed by atoms with Crippen LogP contribution in [0.3, 0.4) is 0 Å². The van der Waals surface area contributed by atoms with Crippen LogP contribution in [0.1, 0.15) is 16.7 Å². The van der Waals surface area contributed by atoms with E-state index in [1.165, 1.54) is 0 Å². The second-order valence-electron chi connectivity index (χ2n) is 6.17. The van der Waals surface area contributed by atoms with Gasteiger partial charge in [-0.15, -0.1) is 0 Å². The van der Waals surface area contributed by atoms with Crippen LogP contribution in [0.4, 0.5) is 0 Å². The average molecular weight is 511 g/mol. The van der Waals surface area contributed by atoms with Crippen molar-refractivity contribution in [1.29, 1.82) is 0 Å². The van der Waals surface area contributed by atoms with Crippen LogP contribution in [0.25, 0.3) is 0 Å². The van der Waals surface area contributed by atoms with E-state index in [0.717, 1.165) is 16.7 Å². The summed E-state index contributed by atoms with van der Waals surface area (Å²) in [6.07, 6.45) is 0.336. The van der Waals surface area contributed by atoms with Gasteiger partial charge in [-0.2, -0.15) is 0 Å². The fourth-order valence-electron chi connectivity index (χ4n) is 2.31. The first-order valence-corrected chi connectivity index (χ1v) is 9.14. The zero-order chi connectivity index (χ0) is 22.2. The summed E-state index contributed by atoms with van der Waals surface area (Å²) in [7, 11) is 0. The third-order valence-corrected chi connectivity index (χ3v) is 3.59. The predicted molar refractivity (Wildman–Crippen MR) is 113 cm³/mol. The molecule has 0 spiro atoms. The molecule has 0 amide bonds. The molecule has 0 saturated heterocycles. The molecule has 3 aromatic rings. The van der Waals surface area contributed by atoms with Gasteiger partial charge < -0.3 is 15.3 Å². The largest absolute Gasteiger partial charge is 0.481 e. The monoisotopic (exact) mass is 511 g/mol. The normalized spacial score (nSPS) is 8.90. The van der Waals surface area contributed by atoms with Gasteiger partial charge in [-0.25, -0.2) is 0 Å². The molecule has 7 heteroatoms. The molecule has 0 unspecified atom stereocenters. The number of hydrogen-bond donors (Lipinski definition) is 3. The standard InChI is InChI=1S/3C8H8O2.Rh/c3*9-8(10)6-7-4-2-1-3-5-7;/h3*1-5H,6H2,(H,9,10);. The topological polar surface area (TPSA) is 112 Å². The maximum atomic E-state index is 10.2. The quantitative estimate of drug-likeness (QED) is 0.433. The average Bonchev–Trinajstić information content (AvgIpc) is 2.70. The first-order chi connectivity index (χ1) is 14.4. The van der Waals surface area contributed by atoms with Crippen LogP contribution in [0.2, 0.25) is 0 Å². The van der Waals surface area contributed by atoms with Gasteiger partial charge in [0.05, 0.1) is 19.3 Å². The number of rotatable bonds is 6.